The van der Waals surface area contributed by atoms with Crippen LogP contribution in [0.2, 0.25) is 0 Å². The van der Waals surface area contributed by atoms with Gasteiger partial charge in [-0.2, -0.15) is 0 Å². The number of hydrogen-bond acceptors (Lipinski definition) is 1. The predicted octanol–water partition coefficient (Wildman–Crippen LogP) is 4.59. The molecule has 2 aliphatic carbocycles. The zero-order valence-electron chi connectivity index (χ0n) is 11.1. The van der Waals surface area contributed by atoms with Crippen molar-refractivity contribution in [1.82, 2.24) is 0 Å². The van der Waals surface area contributed by atoms with Crippen LogP contribution in [-0.4, -0.2) is 5.91 Å². The molecule has 2 aliphatic rings. The standard InChI is InChI=1S/C17H16BrNO/c18-15-5-6-16(14-4-2-1-3-13(14)15)19-17(20)12-8-10-7-11(10)9-12/h1-6,10-12H,7-9H2,(H,19,20). The van der Waals surface area contributed by atoms with Crippen molar-refractivity contribution in [1.29, 1.82) is 0 Å². The second-order valence-electron chi connectivity index (χ2n) is 6.05. The van der Waals surface area contributed by atoms with Gasteiger partial charge in [0.05, 0.1) is 0 Å². The molecule has 102 valence electrons. The van der Waals surface area contributed by atoms with Crippen molar-refractivity contribution in [2.24, 2.45) is 17.8 Å². The Balaban J connectivity index is 1.62. The molecule has 0 saturated heterocycles. The molecule has 3 heteroatoms. The topological polar surface area (TPSA) is 29.1 Å². The van der Waals surface area contributed by atoms with Gasteiger partial charge in [-0.05, 0) is 48.6 Å². The van der Waals surface area contributed by atoms with Crippen molar-refractivity contribution in [2.75, 3.05) is 5.32 Å². The molecule has 2 saturated carbocycles. The fourth-order valence-corrected chi connectivity index (χ4v) is 4.01. The summed E-state index contributed by atoms with van der Waals surface area (Å²) >= 11 is 3.56. The summed E-state index contributed by atoms with van der Waals surface area (Å²) in [7, 11) is 0. The van der Waals surface area contributed by atoms with E-state index in [2.05, 4.69) is 33.4 Å². The summed E-state index contributed by atoms with van der Waals surface area (Å²) in [5.41, 5.74) is 0.925. The van der Waals surface area contributed by atoms with Crippen molar-refractivity contribution in [3.8, 4) is 0 Å². The molecule has 20 heavy (non-hydrogen) atoms. The zero-order valence-corrected chi connectivity index (χ0v) is 12.7. The van der Waals surface area contributed by atoms with Crippen LogP contribution in [0, 0.1) is 17.8 Å². The van der Waals surface area contributed by atoms with Gasteiger partial charge in [0, 0.05) is 21.5 Å². The zero-order chi connectivity index (χ0) is 13.7. The maximum absolute atomic E-state index is 12.4. The summed E-state index contributed by atoms with van der Waals surface area (Å²) in [5, 5.41) is 5.37. The second kappa shape index (κ2) is 4.59. The predicted molar refractivity (Wildman–Crippen MR) is 84.6 cm³/mol. The molecule has 0 radical (unpaired) electrons. The van der Waals surface area contributed by atoms with Gasteiger partial charge in [0.15, 0.2) is 0 Å². The molecule has 1 amide bonds. The lowest BCUT2D eigenvalue weighted by Crippen LogP contribution is -2.21. The van der Waals surface area contributed by atoms with E-state index < -0.39 is 0 Å². The lowest BCUT2D eigenvalue weighted by molar-refractivity contribution is -0.119. The Kier molecular flexibility index (Phi) is 2.84. The molecule has 1 N–H and O–H groups in total. The van der Waals surface area contributed by atoms with Gasteiger partial charge in [-0.15, -0.1) is 0 Å². The smallest absolute Gasteiger partial charge is 0.227 e. The SMILES string of the molecule is O=C(Nc1ccc(Br)c2ccccc12)C1CC2CC2C1. The third-order valence-electron chi connectivity index (χ3n) is 4.74. The van der Waals surface area contributed by atoms with Crippen molar-refractivity contribution in [2.45, 2.75) is 19.3 Å². The van der Waals surface area contributed by atoms with E-state index in [1.807, 2.05) is 24.3 Å². The number of nitrogens with one attached hydrogen (secondary N) is 1. The fourth-order valence-electron chi connectivity index (χ4n) is 3.53. The molecule has 2 nitrogen and oxygen atoms in total. The maximum Gasteiger partial charge on any atom is 0.227 e. The quantitative estimate of drug-likeness (QED) is 0.857. The number of carbonyl (C=O) groups is 1. The third-order valence-corrected chi connectivity index (χ3v) is 5.43. The molecular weight excluding hydrogens is 314 g/mol. The first-order valence-corrected chi connectivity index (χ1v) is 8.00. The van der Waals surface area contributed by atoms with Crippen molar-refractivity contribution in [3.05, 3.63) is 40.9 Å². The normalized spacial score (nSPS) is 27.4. The molecule has 0 aromatic heterocycles. The van der Waals surface area contributed by atoms with E-state index >= 15 is 0 Å². The van der Waals surface area contributed by atoms with Crippen LogP contribution in [0.25, 0.3) is 10.8 Å². The van der Waals surface area contributed by atoms with Crippen molar-refractivity contribution < 1.29 is 4.79 Å². The van der Waals surface area contributed by atoms with Gasteiger partial charge in [0.25, 0.3) is 0 Å². The summed E-state index contributed by atoms with van der Waals surface area (Å²) in [4.78, 5) is 12.4. The highest BCUT2D eigenvalue weighted by Crippen LogP contribution is 2.54. The van der Waals surface area contributed by atoms with Crippen molar-refractivity contribution >= 4 is 38.3 Å². The molecule has 0 heterocycles. The Morgan fingerprint density at radius 2 is 1.70 bits per heavy atom. The van der Waals surface area contributed by atoms with Gasteiger partial charge in [0.1, 0.15) is 0 Å². The number of anilines is 1. The Hall–Kier alpha value is -1.35. The molecule has 2 unspecified atom stereocenters. The Labute approximate surface area is 126 Å². The van der Waals surface area contributed by atoms with Crippen LogP contribution in [0.5, 0.6) is 0 Å². The number of amides is 1. The largest absolute Gasteiger partial charge is 0.325 e. The summed E-state index contributed by atoms with van der Waals surface area (Å²) in [6.45, 7) is 0. The van der Waals surface area contributed by atoms with Gasteiger partial charge >= 0.3 is 0 Å². The Morgan fingerprint density at radius 3 is 2.45 bits per heavy atom. The van der Waals surface area contributed by atoms with Crippen molar-refractivity contribution in [3.63, 3.8) is 0 Å². The minimum Gasteiger partial charge on any atom is -0.325 e. The number of rotatable bonds is 2. The number of halogens is 1. The number of carbonyl (C=O) groups excluding carboxylic acids is 1. The minimum atomic E-state index is 0.199. The molecule has 4 rings (SSSR count). The van der Waals surface area contributed by atoms with E-state index in [9.17, 15) is 4.79 Å². The lowest BCUT2D eigenvalue weighted by atomic mass is 10.0. The van der Waals surface area contributed by atoms with Gasteiger partial charge in [0.2, 0.25) is 5.91 Å². The second-order valence-corrected chi connectivity index (χ2v) is 6.91. The summed E-state index contributed by atoms with van der Waals surface area (Å²) in [6, 6.07) is 12.1. The minimum absolute atomic E-state index is 0.199. The van der Waals surface area contributed by atoms with E-state index in [0.29, 0.717) is 0 Å². The number of hydrogen-bond donors (Lipinski definition) is 1. The van der Waals surface area contributed by atoms with E-state index in [4.69, 9.17) is 0 Å². The Morgan fingerprint density at radius 1 is 1.00 bits per heavy atom. The highest BCUT2D eigenvalue weighted by molar-refractivity contribution is 9.10. The van der Waals surface area contributed by atoms with Crippen LogP contribution in [0.15, 0.2) is 40.9 Å². The molecule has 2 atom stereocenters. The highest BCUT2D eigenvalue weighted by atomic mass is 79.9. The fraction of sp³-hybridized carbons (Fsp3) is 0.353. The first-order chi connectivity index (χ1) is 9.72. The molecule has 2 aromatic carbocycles. The highest BCUT2D eigenvalue weighted by Gasteiger charge is 2.47. The molecule has 0 bridgehead atoms. The van der Waals surface area contributed by atoms with Crippen LogP contribution < -0.4 is 5.32 Å². The summed E-state index contributed by atoms with van der Waals surface area (Å²) < 4.78 is 1.06. The summed E-state index contributed by atoms with van der Waals surface area (Å²) in [5.74, 6) is 2.10. The van der Waals surface area contributed by atoms with E-state index in [-0.39, 0.29) is 11.8 Å². The van der Waals surface area contributed by atoms with Crippen LogP contribution in [0.3, 0.4) is 0 Å². The van der Waals surface area contributed by atoms with E-state index in [0.717, 1.165) is 45.6 Å². The molecule has 2 fully saturated rings. The van der Waals surface area contributed by atoms with Gasteiger partial charge in [-0.25, -0.2) is 0 Å². The van der Waals surface area contributed by atoms with Gasteiger partial charge in [-0.3, -0.25) is 4.79 Å². The monoisotopic (exact) mass is 329 g/mol. The first kappa shape index (κ1) is 12.4. The number of benzene rings is 2. The van der Waals surface area contributed by atoms with E-state index in [1.54, 1.807) is 0 Å². The molecule has 0 aliphatic heterocycles. The molecule has 0 spiro atoms. The first-order valence-electron chi connectivity index (χ1n) is 7.20. The average Bonchev–Trinajstić information content (AvgIpc) is 3.08. The van der Waals surface area contributed by atoms with E-state index in [1.165, 1.54) is 6.42 Å². The lowest BCUT2D eigenvalue weighted by Gasteiger charge is -2.14. The third kappa shape index (κ3) is 2.05. The number of fused-ring (bicyclic) bond motifs is 2. The molecule has 2 aromatic rings. The van der Waals surface area contributed by atoms with Crippen LogP contribution in [0.1, 0.15) is 19.3 Å². The Bertz CT molecular complexity index is 686. The molecular formula is C17H16BrNO. The maximum atomic E-state index is 12.4. The van der Waals surface area contributed by atoms with Gasteiger partial charge < -0.3 is 5.32 Å². The van der Waals surface area contributed by atoms with Gasteiger partial charge in [-0.1, -0.05) is 40.2 Å². The average molecular weight is 330 g/mol. The van der Waals surface area contributed by atoms with Crippen LogP contribution in [0.4, 0.5) is 5.69 Å². The van der Waals surface area contributed by atoms with Crippen LogP contribution >= 0.6 is 15.9 Å². The summed E-state index contributed by atoms with van der Waals surface area (Å²) in [6.07, 6.45) is 3.53. The van der Waals surface area contributed by atoms with Crippen LogP contribution in [-0.2, 0) is 4.79 Å².